The van der Waals surface area contributed by atoms with Crippen LogP contribution in [0.15, 0.2) is 0 Å². The zero-order chi connectivity index (χ0) is 13.1. The molecule has 4 nitrogen and oxygen atoms in total. The average molecular weight is 269 g/mol. The molecule has 1 aliphatic rings. The highest BCUT2D eigenvalue weighted by Crippen LogP contribution is 2.30. The molecule has 0 radical (unpaired) electrons. The number of rotatable bonds is 4. The van der Waals surface area contributed by atoms with E-state index in [2.05, 4.69) is 31.0 Å². The first-order valence-corrected chi connectivity index (χ1v) is 7.48. The molecule has 2 atom stereocenters. The van der Waals surface area contributed by atoms with Crippen molar-refractivity contribution in [2.75, 3.05) is 25.1 Å². The minimum atomic E-state index is 0.294. The Hall–Kier alpha value is -0.650. The lowest BCUT2D eigenvalue weighted by Gasteiger charge is -2.36. The van der Waals surface area contributed by atoms with E-state index in [-0.39, 0.29) is 0 Å². The zero-order valence-electron chi connectivity index (χ0n) is 11.7. The summed E-state index contributed by atoms with van der Waals surface area (Å²) in [4.78, 5) is 8.55. The predicted octanol–water partition coefficient (Wildman–Crippen LogP) is 2.04. The largest absolute Gasteiger partial charge is 0.375 e. The molecular formula is C13H23N3OS. The minimum Gasteiger partial charge on any atom is -0.375 e. The number of thiazole rings is 1. The molecule has 1 N–H and O–H groups in total. The van der Waals surface area contributed by atoms with Crippen LogP contribution in [0.2, 0.25) is 0 Å². The summed E-state index contributed by atoms with van der Waals surface area (Å²) in [6, 6.07) is 0.416. The lowest BCUT2D eigenvalue weighted by Crippen LogP contribution is -2.47. The second-order valence-corrected chi connectivity index (χ2v) is 5.96. The minimum absolute atomic E-state index is 0.294. The van der Waals surface area contributed by atoms with Gasteiger partial charge in [-0.15, -0.1) is 11.3 Å². The Bertz CT molecular complexity index is 394. The van der Waals surface area contributed by atoms with Crippen molar-refractivity contribution in [3.05, 3.63) is 10.6 Å². The van der Waals surface area contributed by atoms with Crippen LogP contribution in [-0.2, 0) is 17.7 Å². The van der Waals surface area contributed by atoms with Crippen LogP contribution in [0.25, 0.3) is 0 Å². The van der Waals surface area contributed by atoms with Crippen LogP contribution < -0.4 is 10.2 Å². The Morgan fingerprint density at radius 2 is 2.28 bits per heavy atom. The number of hydrogen-bond acceptors (Lipinski definition) is 5. The maximum Gasteiger partial charge on any atom is 0.186 e. The standard InChI is InChI=1S/C13H23N3OS/c1-5-11-12(6-14-4)18-13(15-11)16-7-10(3)17-8-9(16)2/h9-10,14H,5-8H2,1-4H3. The van der Waals surface area contributed by atoms with Gasteiger partial charge in [0.2, 0.25) is 0 Å². The lowest BCUT2D eigenvalue weighted by atomic mass is 10.2. The molecule has 0 bridgehead atoms. The van der Waals surface area contributed by atoms with Crippen molar-refractivity contribution in [1.29, 1.82) is 0 Å². The Kier molecular flexibility index (Phi) is 4.59. The number of hydrogen-bond donors (Lipinski definition) is 1. The summed E-state index contributed by atoms with van der Waals surface area (Å²) in [5.74, 6) is 0. The molecule has 1 aromatic rings. The summed E-state index contributed by atoms with van der Waals surface area (Å²) in [5, 5.41) is 4.37. The fraction of sp³-hybridized carbons (Fsp3) is 0.769. The fourth-order valence-corrected chi connectivity index (χ4v) is 3.51. The van der Waals surface area contributed by atoms with Gasteiger partial charge in [0.15, 0.2) is 5.13 Å². The summed E-state index contributed by atoms with van der Waals surface area (Å²) < 4.78 is 5.68. The SMILES string of the molecule is CCc1nc(N2CC(C)OCC2C)sc1CNC. The topological polar surface area (TPSA) is 37.4 Å². The van der Waals surface area contributed by atoms with E-state index in [1.807, 2.05) is 18.4 Å². The van der Waals surface area contributed by atoms with Crippen molar-refractivity contribution in [3.8, 4) is 0 Å². The monoisotopic (exact) mass is 269 g/mol. The van der Waals surface area contributed by atoms with Crippen LogP contribution in [0.3, 0.4) is 0 Å². The zero-order valence-corrected chi connectivity index (χ0v) is 12.5. The van der Waals surface area contributed by atoms with Gasteiger partial charge < -0.3 is 15.0 Å². The summed E-state index contributed by atoms with van der Waals surface area (Å²) in [5.41, 5.74) is 1.23. The van der Waals surface area contributed by atoms with Crippen LogP contribution in [0, 0.1) is 0 Å². The molecule has 5 heteroatoms. The van der Waals surface area contributed by atoms with Crippen LogP contribution in [0.5, 0.6) is 0 Å². The van der Waals surface area contributed by atoms with Gasteiger partial charge in [-0.05, 0) is 27.3 Å². The molecule has 2 rings (SSSR count). The number of anilines is 1. The molecule has 0 saturated carbocycles. The first-order chi connectivity index (χ1) is 8.65. The Labute approximate surface area is 113 Å². The molecule has 1 fully saturated rings. The molecule has 0 aromatic carbocycles. The van der Waals surface area contributed by atoms with E-state index in [9.17, 15) is 0 Å². The summed E-state index contributed by atoms with van der Waals surface area (Å²) in [6.45, 7) is 9.15. The average Bonchev–Trinajstić information content (AvgIpc) is 2.76. The van der Waals surface area contributed by atoms with Gasteiger partial charge in [-0.3, -0.25) is 0 Å². The van der Waals surface area contributed by atoms with Gasteiger partial charge in [0.05, 0.1) is 24.4 Å². The Morgan fingerprint density at radius 1 is 1.50 bits per heavy atom. The second kappa shape index (κ2) is 5.99. The highest BCUT2D eigenvalue weighted by atomic mass is 32.1. The van der Waals surface area contributed by atoms with E-state index in [0.717, 1.165) is 31.2 Å². The van der Waals surface area contributed by atoms with Crippen molar-refractivity contribution in [1.82, 2.24) is 10.3 Å². The molecule has 0 amide bonds. The molecule has 102 valence electrons. The van der Waals surface area contributed by atoms with E-state index in [0.29, 0.717) is 12.1 Å². The van der Waals surface area contributed by atoms with Gasteiger partial charge in [0.1, 0.15) is 0 Å². The summed E-state index contributed by atoms with van der Waals surface area (Å²) >= 11 is 1.82. The van der Waals surface area contributed by atoms with Gasteiger partial charge in [0, 0.05) is 18.0 Å². The molecule has 2 heterocycles. The molecular weight excluding hydrogens is 246 g/mol. The predicted molar refractivity (Wildman–Crippen MR) is 76.5 cm³/mol. The number of aryl methyl sites for hydroxylation is 1. The van der Waals surface area contributed by atoms with Crippen molar-refractivity contribution >= 4 is 16.5 Å². The van der Waals surface area contributed by atoms with Gasteiger partial charge in [-0.2, -0.15) is 0 Å². The molecule has 1 aliphatic heterocycles. The van der Waals surface area contributed by atoms with E-state index < -0.39 is 0 Å². The third-order valence-electron chi connectivity index (χ3n) is 3.29. The van der Waals surface area contributed by atoms with Crippen LogP contribution >= 0.6 is 11.3 Å². The first-order valence-electron chi connectivity index (χ1n) is 6.67. The van der Waals surface area contributed by atoms with E-state index in [1.165, 1.54) is 10.6 Å². The van der Waals surface area contributed by atoms with Gasteiger partial charge >= 0.3 is 0 Å². The van der Waals surface area contributed by atoms with Crippen LogP contribution in [0.4, 0.5) is 5.13 Å². The Morgan fingerprint density at radius 3 is 2.94 bits per heavy atom. The second-order valence-electron chi connectivity index (χ2n) is 4.90. The maximum absolute atomic E-state index is 5.68. The van der Waals surface area contributed by atoms with Crippen LogP contribution in [0.1, 0.15) is 31.3 Å². The third-order valence-corrected chi connectivity index (χ3v) is 4.43. The number of morpholine rings is 1. The lowest BCUT2D eigenvalue weighted by molar-refractivity contribution is 0.0343. The van der Waals surface area contributed by atoms with Crippen molar-refractivity contribution in [3.63, 3.8) is 0 Å². The Balaban J connectivity index is 2.21. The fourth-order valence-electron chi connectivity index (χ4n) is 2.24. The molecule has 1 aromatic heterocycles. The first kappa shape index (κ1) is 13.8. The highest BCUT2D eigenvalue weighted by Gasteiger charge is 2.26. The van der Waals surface area contributed by atoms with Crippen molar-refractivity contribution < 1.29 is 4.74 Å². The molecule has 0 aliphatic carbocycles. The van der Waals surface area contributed by atoms with E-state index in [1.54, 1.807) is 0 Å². The quantitative estimate of drug-likeness (QED) is 0.907. The maximum atomic E-state index is 5.68. The smallest absolute Gasteiger partial charge is 0.186 e. The van der Waals surface area contributed by atoms with Crippen molar-refractivity contribution in [2.45, 2.75) is 45.9 Å². The summed E-state index contributed by atoms with van der Waals surface area (Å²) in [6.07, 6.45) is 1.30. The molecule has 1 saturated heterocycles. The molecule has 18 heavy (non-hydrogen) atoms. The van der Waals surface area contributed by atoms with E-state index >= 15 is 0 Å². The number of nitrogens with one attached hydrogen (secondary N) is 1. The molecule has 0 spiro atoms. The van der Waals surface area contributed by atoms with Crippen molar-refractivity contribution in [2.24, 2.45) is 0 Å². The van der Waals surface area contributed by atoms with Gasteiger partial charge in [-0.25, -0.2) is 4.98 Å². The number of ether oxygens (including phenoxy) is 1. The summed E-state index contributed by atoms with van der Waals surface area (Å²) in [7, 11) is 1.98. The van der Waals surface area contributed by atoms with Crippen LogP contribution in [-0.4, -0.2) is 37.3 Å². The third kappa shape index (κ3) is 2.84. The van der Waals surface area contributed by atoms with Gasteiger partial charge in [-0.1, -0.05) is 6.92 Å². The number of aromatic nitrogens is 1. The normalized spacial score (nSPS) is 24.6. The van der Waals surface area contributed by atoms with Gasteiger partial charge in [0.25, 0.3) is 0 Å². The molecule has 2 unspecified atom stereocenters. The van der Waals surface area contributed by atoms with E-state index in [4.69, 9.17) is 9.72 Å². The number of nitrogens with zero attached hydrogens (tertiary/aromatic N) is 2. The highest BCUT2D eigenvalue weighted by molar-refractivity contribution is 7.15.